The van der Waals surface area contributed by atoms with Crippen molar-refractivity contribution < 1.29 is 4.79 Å². The van der Waals surface area contributed by atoms with E-state index in [0.29, 0.717) is 17.9 Å². The lowest BCUT2D eigenvalue weighted by atomic mass is 10.1. The van der Waals surface area contributed by atoms with E-state index in [1.54, 1.807) is 0 Å². The smallest absolute Gasteiger partial charge is 0.225 e. The van der Waals surface area contributed by atoms with E-state index in [-0.39, 0.29) is 0 Å². The molecule has 0 spiro atoms. The molecule has 3 heteroatoms. The molecular formula is C12H22N2O. The van der Waals surface area contributed by atoms with Crippen molar-refractivity contribution in [1.29, 1.82) is 0 Å². The number of hydrogen-bond acceptors (Lipinski definition) is 2. The third-order valence-electron chi connectivity index (χ3n) is 3.55. The molecule has 1 N–H and O–H groups in total. The number of carbonyl (C=O) groups excluding carboxylic acids is 1. The molecule has 1 aliphatic heterocycles. The van der Waals surface area contributed by atoms with Crippen LogP contribution in [0.1, 0.15) is 38.5 Å². The van der Waals surface area contributed by atoms with Gasteiger partial charge in [0.05, 0.1) is 0 Å². The van der Waals surface area contributed by atoms with Crippen LogP contribution in [-0.2, 0) is 4.79 Å². The van der Waals surface area contributed by atoms with Gasteiger partial charge in [-0.25, -0.2) is 0 Å². The Kier molecular flexibility index (Phi) is 3.62. The Morgan fingerprint density at radius 2 is 2.20 bits per heavy atom. The molecule has 1 saturated heterocycles. The Morgan fingerprint density at radius 3 is 2.87 bits per heavy atom. The molecule has 1 heterocycles. The van der Waals surface area contributed by atoms with E-state index in [9.17, 15) is 4.79 Å². The first kappa shape index (κ1) is 10.9. The number of nitrogens with one attached hydrogen (secondary N) is 1. The van der Waals surface area contributed by atoms with Gasteiger partial charge in [-0.1, -0.05) is 0 Å². The van der Waals surface area contributed by atoms with Crippen LogP contribution in [0, 0.1) is 5.92 Å². The van der Waals surface area contributed by atoms with Gasteiger partial charge in [0.15, 0.2) is 0 Å². The fourth-order valence-corrected chi connectivity index (χ4v) is 2.51. The van der Waals surface area contributed by atoms with Crippen LogP contribution in [0.5, 0.6) is 0 Å². The van der Waals surface area contributed by atoms with Crippen molar-refractivity contribution >= 4 is 5.91 Å². The zero-order valence-corrected chi connectivity index (χ0v) is 9.67. The molecule has 2 fully saturated rings. The molecular weight excluding hydrogens is 188 g/mol. The molecule has 2 rings (SSSR count). The highest BCUT2D eigenvalue weighted by Crippen LogP contribution is 2.34. The topological polar surface area (TPSA) is 32.3 Å². The quantitative estimate of drug-likeness (QED) is 0.695. The van der Waals surface area contributed by atoms with E-state index in [1.165, 1.54) is 25.7 Å². The van der Waals surface area contributed by atoms with E-state index in [4.69, 9.17) is 0 Å². The van der Waals surface area contributed by atoms with E-state index in [2.05, 4.69) is 10.2 Å². The normalized spacial score (nSPS) is 25.9. The van der Waals surface area contributed by atoms with Gasteiger partial charge >= 0.3 is 0 Å². The van der Waals surface area contributed by atoms with Gasteiger partial charge in [-0.15, -0.1) is 0 Å². The third kappa shape index (κ3) is 2.71. The summed E-state index contributed by atoms with van der Waals surface area (Å²) in [7, 11) is 1.99. The number of amides is 1. The summed E-state index contributed by atoms with van der Waals surface area (Å²) in [5, 5.41) is 3.17. The van der Waals surface area contributed by atoms with Crippen molar-refractivity contribution in [2.24, 2.45) is 5.92 Å². The average molecular weight is 210 g/mol. The molecule has 3 nitrogen and oxygen atoms in total. The van der Waals surface area contributed by atoms with Crippen molar-refractivity contribution in [1.82, 2.24) is 10.2 Å². The summed E-state index contributed by atoms with van der Waals surface area (Å²) in [6, 6.07) is 0.548. The Hall–Kier alpha value is -0.570. The largest absolute Gasteiger partial charge is 0.339 e. The lowest BCUT2D eigenvalue weighted by Gasteiger charge is -2.24. The highest BCUT2D eigenvalue weighted by atomic mass is 16.2. The van der Waals surface area contributed by atoms with Gasteiger partial charge in [-0.3, -0.25) is 4.79 Å². The van der Waals surface area contributed by atoms with Gasteiger partial charge in [0.2, 0.25) is 5.91 Å². The van der Waals surface area contributed by atoms with Crippen molar-refractivity contribution in [2.45, 2.75) is 44.6 Å². The minimum absolute atomic E-state index is 0.398. The number of hydrogen-bond donors (Lipinski definition) is 1. The fraction of sp³-hybridized carbons (Fsp3) is 0.917. The summed E-state index contributed by atoms with van der Waals surface area (Å²) >= 11 is 0. The zero-order chi connectivity index (χ0) is 10.7. The van der Waals surface area contributed by atoms with E-state index < -0.39 is 0 Å². The number of rotatable bonds is 5. The van der Waals surface area contributed by atoms with Crippen molar-refractivity contribution in [3.8, 4) is 0 Å². The molecule has 1 amide bonds. The average Bonchev–Trinajstić information content (AvgIpc) is 2.98. The molecule has 1 unspecified atom stereocenters. The molecule has 0 bridgehead atoms. The minimum Gasteiger partial charge on any atom is -0.339 e. The van der Waals surface area contributed by atoms with E-state index in [0.717, 1.165) is 25.9 Å². The van der Waals surface area contributed by atoms with E-state index >= 15 is 0 Å². The van der Waals surface area contributed by atoms with Crippen LogP contribution in [-0.4, -0.2) is 37.0 Å². The second-order valence-electron chi connectivity index (χ2n) is 4.85. The van der Waals surface area contributed by atoms with Crippen molar-refractivity contribution in [3.05, 3.63) is 0 Å². The van der Waals surface area contributed by atoms with Gasteiger partial charge in [-0.05, 0) is 52.1 Å². The number of nitrogens with zero attached hydrogens (tertiary/aromatic N) is 1. The molecule has 0 aromatic rings. The Balaban J connectivity index is 1.78. The maximum atomic E-state index is 12.0. The maximum absolute atomic E-state index is 12.0. The Morgan fingerprint density at radius 1 is 1.40 bits per heavy atom. The van der Waals surface area contributed by atoms with Crippen LogP contribution in [0.25, 0.3) is 0 Å². The second kappa shape index (κ2) is 4.97. The van der Waals surface area contributed by atoms with E-state index in [1.807, 2.05) is 7.05 Å². The van der Waals surface area contributed by atoms with Gasteiger partial charge in [0, 0.05) is 18.5 Å². The van der Waals surface area contributed by atoms with Crippen molar-refractivity contribution in [2.75, 3.05) is 20.1 Å². The number of likely N-dealkylation sites (tertiary alicyclic amines) is 1. The molecule has 1 saturated carbocycles. The lowest BCUT2D eigenvalue weighted by molar-refractivity contribution is -0.133. The van der Waals surface area contributed by atoms with Crippen LogP contribution in [0.2, 0.25) is 0 Å². The first-order valence-corrected chi connectivity index (χ1v) is 6.28. The Labute approximate surface area is 92.2 Å². The predicted octanol–water partition coefficient (Wildman–Crippen LogP) is 1.39. The zero-order valence-electron chi connectivity index (χ0n) is 9.67. The Bertz CT molecular complexity index is 226. The summed E-state index contributed by atoms with van der Waals surface area (Å²) < 4.78 is 0. The summed E-state index contributed by atoms with van der Waals surface area (Å²) in [6.45, 7) is 2.08. The van der Waals surface area contributed by atoms with Crippen LogP contribution >= 0.6 is 0 Å². The second-order valence-corrected chi connectivity index (χ2v) is 4.85. The molecule has 86 valence electrons. The monoisotopic (exact) mass is 210 g/mol. The summed E-state index contributed by atoms with van der Waals surface area (Å²) in [6.07, 6.45) is 7.08. The van der Waals surface area contributed by atoms with Crippen LogP contribution in [0.3, 0.4) is 0 Å². The van der Waals surface area contributed by atoms with Crippen LogP contribution in [0.4, 0.5) is 0 Å². The van der Waals surface area contributed by atoms with Crippen LogP contribution in [0.15, 0.2) is 0 Å². The molecule has 2 aliphatic rings. The first-order valence-electron chi connectivity index (χ1n) is 6.28. The summed E-state index contributed by atoms with van der Waals surface area (Å²) in [5.41, 5.74) is 0. The molecule has 0 aromatic heterocycles. The molecule has 15 heavy (non-hydrogen) atoms. The highest BCUT2D eigenvalue weighted by Gasteiger charge is 2.37. The molecule has 0 aromatic carbocycles. The number of carbonyl (C=O) groups is 1. The highest BCUT2D eigenvalue weighted by molar-refractivity contribution is 5.81. The van der Waals surface area contributed by atoms with Crippen LogP contribution < -0.4 is 5.32 Å². The molecule has 1 atom stereocenters. The molecule has 0 radical (unpaired) electrons. The molecule has 1 aliphatic carbocycles. The summed E-state index contributed by atoms with van der Waals surface area (Å²) in [4.78, 5) is 14.1. The first-order chi connectivity index (χ1) is 7.33. The standard InChI is InChI=1S/C12H22N2O/c1-13-8-2-4-11-5-3-9-14(11)12(15)10-6-7-10/h10-11,13H,2-9H2,1H3. The maximum Gasteiger partial charge on any atom is 0.225 e. The fourth-order valence-electron chi connectivity index (χ4n) is 2.51. The van der Waals surface area contributed by atoms with Gasteiger partial charge in [-0.2, -0.15) is 0 Å². The SMILES string of the molecule is CNCCCC1CCCN1C(=O)C1CC1. The summed E-state index contributed by atoms with van der Waals surface area (Å²) in [5.74, 6) is 0.844. The lowest BCUT2D eigenvalue weighted by Crippen LogP contribution is -2.36. The minimum atomic E-state index is 0.398. The van der Waals surface area contributed by atoms with Gasteiger partial charge in [0.1, 0.15) is 0 Å². The predicted molar refractivity (Wildman–Crippen MR) is 60.6 cm³/mol. The third-order valence-corrected chi connectivity index (χ3v) is 3.55. The van der Waals surface area contributed by atoms with Crippen molar-refractivity contribution in [3.63, 3.8) is 0 Å². The van der Waals surface area contributed by atoms with Gasteiger partial charge < -0.3 is 10.2 Å². The van der Waals surface area contributed by atoms with Gasteiger partial charge in [0.25, 0.3) is 0 Å².